The van der Waals surface area contributed by atoms with Gasteiger partial charge in [-0.2, -0.15) is 0 Å². The van der Waals surface area contributed by atoms with Crippen LogP contribution in [0.25, 0.3) is 10.3 Å². The predicted molar refractivity (Wildman–Crippen MR) is 97.9 cm³/mol. The van der Waals surface area contributed by atoms with Crippen LogP contribution in [0.1, 0.15) is 28.4 Å². The van der Waals surface area contributed by atoms with E-state index in [4.69, 9.17) is 4.98 Å². The molecule has 1 N–H and O–H groups in total. The number of thiazole rings is 2. The van der Waals surface area contributed by atoms with Crippen molar-refractivity contribution in [2.75, 3.05) is 18.1 Å². The minimum absolute atomic E-state index is 0.779. The molecule has 0 saturated heterocycles. The lowest BCUT2D eigenvalue weighted by molar-refractivity contribution is 0.680. The van der Waals surface area contributed by atoms with Crippen LogP contribution >= 0.6 is 34.4 Å². The fourth-order valence-electron chi connectivity index (χ4n) is 2.75. The average Bonchev–Trinajstić information content (AvgIpc) is 3.18. The molecule has 4 rings (SSSR count). The van der Waals surface area contributed by atoms with Crippen molar-refractivity contribution in [3.8, 4) is 0 Å². The van der Waals surface area contributed by atoms with Crippen LogP contribution in [-0.4, -0.2) is 32.7 Å². The molecule has 0 spiro atoms. The van der Waals surface area contributed by atoms with E-state index in [1.807, 2.05) is 17.6 Å². The summed E-state index contributed by atoms with van der Waals surface area (Å²) in [4.78, 5) is 19.4. The van der Waals surface area contributed by atoms with Gasteiger partial charge in [-0.05, 0) is 31.9 Å². The maximum absolute atomic E-state index is 4.79. The Balaban J connectivity index is 1.45. The Morgan fingerprint density at radius 1 is 1.17 bits per heavy atom. The first-order valence-electron chi connectivity index (χ1n) is 7.70. The van der Waals surface area contributed by atoms with Crippen LogP contribution in [0.15, 0.2) is 10.7 Å². The highest BCUT2D eigenvalue weighted by Gasteiger charge is 2.15. The van der Waals surface area contributed by atoms with E-state index in [2.05, 4.69) is 20.3 Å². The Labute approximate surface area is 147 Å². The second-order valence-electron chi connectivity index (χ2n) is 5.42. The zero-order valence-corrected chi connectivity index (χ0v) is 15.3. The Bertz CT molecular complexity index is 802. The van der Waals surface area contributed by atoms with Gasteiger partial charge in [-0.25, -0.2) is 19.9 Å². The largest absolute Gasteiger partial charge is 0.368 e. The summed E-state index contributed by atoms with van der Waals surface area (Å²) in [5.41, 5.74) is 2.12. The standard InChI is InChI=1S/C15H17N5S3/c1-21-15-20-14-12(23-15)13(17-8-18-14)16-7-6-11-19-9-4-2-3-5-10(9)22-11/h8H,2-7H2,1H3,(H,16,17,18). The molecule has 5 nitrogen and oxygen atoms in total. The third-order valence-corrected chi connectivity index (χ3v) is 7.12. The van der Waals surface area contributed by atoms with Crippen molar-refractivity contribution in [3.05, 3.63) is 21.9 Å². The zero-order valence-electron chi connectivity index (χ0n) is 12.8. The molecule has 3 aromatic heterocycles. The Kier molecular flexibility index (Phi) is 4.46. The summed E-state index contributed by atoms with van der Waals surface area (Å²) < 4.78 is 2.06. The van der Waals surface area contributed by atoms with E-state index in [1.54, 1.807) is 29.4 Å². The van der Waals surface area contributed by atoms with Crippen molar-refractivity contribution in [3.63, 3.8) is 0 Å². The number of fused-ring (bicyclic) bond motifs is 2. The minimum Gasteiger partial charge on any atom is -0.368 e. The summed E-state index contributed by atoms with van der Waals surface area (Å²) in [7, 11) is 0. The van der Waals surface area contributed by atoms with Gasteiger partial charge in [-0.15, -0.1) is 22.7 Å². The number of hydrogen-bond donors (Lipinski definition) is 1. The van der Waals surface area contributed by atoms with Gasteiger partial charge >= 0.3 is 0 Å². The molecule has 0 radical (unpaired) electrons. The van der Waals surface area contributed by atoms with Crippen molar-refractivity contribution < 1.29 is 0 Å². The molecule has 3 aromatic rings. The molecule has 0 aromatic carbocycles. The summed E-state index contributed by atoms with van der Waals surface area (Å²) in [5, 5.41) is 4.67. The maximum Gasteiger partial charge on any atom is 0.176 e. The third kappa shape index (κ3) is 3.20. The smallest absolute Gasteiger partial charge is 0.176 e. The van der Waals surface area contributed by atoms with Crippen molar-refractivity contribution in [2.45, 2.75) is 36.4 Å². The second-order valence-corrected chi connectivity index (χ2v) is 8.64. The lowest BCUT2D eigenvalue weighted by atomic mass is 10.0. The topological polar surface area (TPSA) is 63.6 Å². The van der Waals surface area contributed by atoms with Crippen molar-refractivity contribution in [1.29, 1.82) is 0 Å². The Morgan fingerprint density at radius 3 is 2.96 bits per heavy atom. The molecule has 8 heteroatoms. The highest BCUT2D eigenvalue weighted by molar-refractivity contribution is 8.00. The molecule has 0 amide bonds. The molecular weight excluding hydrogens is 346 g/mol. The van der Waals surface area contributed by atoms with Crippen LogP contribution in [0, 0.1) is 0 Å². The molecule has 0 unspecified atom stereocenters. The summed E-state index contributed by atoms with van der Waals surface area (Å²) in [5.74, 6) is 0.883. The molecule has 0 aliphatic heterocycles. The van der Waals surface area contributed by atoms with Gasteiger partial charge in [0.2, 0.25) is 0 Å². The van der Waals surface area contributed by atoms with E-state index in [-0.39, 0.29) is 0 Å². The molecule has 0 fully saturated rings. The molecule has 3 heterocycles. The number of rotatable bonds is 5. The molecule has 1 aliphatic rings. The normalized spacial score (nSPS) is 14.1. The maximum atomic E-state index is 4.79. The lowest BCUT2D eigenvalue weighted by Crippen LogP contribution is -2.06. The number of nitrogens with zero attached hydrogens (tertiary/aromatic N) is 4. The molecule has 120 valence electrons. The molecule has 1 aliphatic carbocycles. The first-order valence-corrected chi connectivity index (χ1v) is 10.6. The van der Waals surface area contributed by atoms with E-state index in [1.165, 1.54) is 34.8 Å². The van der Waals surface area contributed by atoms with Crippen LogP contribution in [0.4, 0.5) is 5.82 Å². The van der Waals surface area contributed by atoms with Gasteiger partial charge in [0.15, 0.2) is 9.99 Å². The van der Waals surface area contributed by atoms with Gasteiger partial charge < -0.3 is 5.32 Å². The summed E-state index contributed by atoms with van der Waals surface area (Å²) >= 11 is 5.17. The van der Waals surface area contributed by atoms with E-state index >= 15 is 0 Å². The van der Waals surface area contributed by atoms with Crippen LogP contribution < -0.4 is 5.32 Å². The average molecular weight is 364 g/mol. The molecule has 0 saturated carbocycles. The Hall–Kier alpha value is -1.25. The second kappa shape index (κ2) is 6.70. The zero-order chi connectivity index (χ0) is 15.6. The minimum atomic E-state index is 0.779. The summed E-state index contributed by atoms with van der Waals surface area (Å²) in [6.07, 6.45) is 9.53. The van der Waals surface area contributed by atoms with Crippen LogP contribution in [0.3, 0.4) is 0 Å². The third-order valence-electron chi connectivity index (χ3n) is 3.87. The van der Waals surface area contributed by atoms with Crippen molar-refractivity contribution in [2.24, 2.45) is 0 Å². The fraction of sp³-hybridized carbons (Fsp3) is 0.467. The molecule has 0 bridgehead atoms. The van der Waals surface area contributed by atoms with Gasteiger partial charge in [-0.3, -0.25) is 0 Å². The van der Waals surface area contributed by atoms with Gasteiger partial charge in [-0.1, -0.05) is 11.8 Å². The SMILES string of the molecule is CSc1nc2ncnc(NCCc3nc4c(s3)CCCC4)c2s1. The number of hydrogen-bond acceptors (Lipinski definition) is 8. The van der Waals surface area contributed by atoms with E-state index in [9.17, 15) is 0 Å². The molecule has 0 atom stereocenters. The monoisotopic (exact) mass is 363 g/mol. The van der Waals surface area contributed by atoms with E-state index < -0.39 is 0 Å². The molecular formula is C15H17N5S3. The number of aromatic nitrogens is 4. The van der Waals surface area contributed by atoms with E-state index in [0.29, 0.717) is 0 Å². The van der Waals surface area contributed by atoms with Crippen molar-refractivity contribution in [1.82, 2.24) is 19.9 Å². The van der Waals surface area contributed by atoms with Gasteiger partial charge in [0.1, 0.15) is 16.8 Å². The van der Waals surface area contributed by atoms with Gasteiger partial charge in [0.25, 0.3) is 0 Å². The highest BCUT2D eigenvalue weighted by atomic mass is 32.2. The predicted octanol–water partition coefficient (Wildman–Crippen LogP) is 3.80. The summed E-state index contributed by atoms with van der Waals surface area (Å²) in [6, 6.07) is 0. The number of anilines is 1. The highest BCUT2D eigenvalue weighted by Crippen LogP contribution is 2.31. The number of nitrogens with one attached hydrogen (secondary N) is 1. The van der Waals surface area contributed by atoms with Crippen LogP contribution in [0.5, 0.6) is 0 Å². The first kappa shape index (κ1) is 15.3. The van der Waals surface area contributed by atoms with Gasteiger partial charge in [0.05, 0.1) is 10.7 Å². The number of aryl methyl sites for hydroxylation is 2. The molecule has 23 heavy (non-hydrogen) atoms. The fourth-order valence-corrected chi connectivity index (χ4v) is 5.38. The van der Waals surface area contributed by atoms with Crippen LogP contribution in [-0.2, 0) is 19.3 Å². The number of thioether (sulfide) groups is 1. The first-order chi connectivity index (χ1) is 11.3. The van der Waals surface area contributed by atoms with Crippen molar-refractivity contribution >= 4 is 50.6 Å². The quantitative estimate of drug-likeness (QED) is 0.696. The van der Waals surface area contributed by atoms with Crippen LogP contribution in [0.2, 0.25) is 0 Å². The van der Waals surface area contributed by atoms with Gasteiger partial charge in [0, 0.05) is 17.8 Å². The lowest BCUT2D eigenvalue weighted by Gasteiger charge is -2.06. The Morgan fingerprint density at radius 2 is 2.09 bits per heavy atom. The summed E-state index contributed by atoms with van der Waals surface area (Å²) in [6.45, 7) is 0.838. The van der Waals surface area contributed by atoms with E-state index in [0.717, 1.165) is 39.9 Å².